The van der Waals surface area contributed by atoms with E-state index in [4.69, 9.17) is 21.4 Å². The molecule has 1 aromatic heterocycles. The standard InChI is InChI=1S/C12H13ClN2O3/c13-9-1-4-14-10-8(9)7-12(18-10)2-5-15(6-3-12)11(16)17/h1,4H,2-3,5-7H2,(H,16,17). The molecule has 1 aromatic rings. The van der Waals surface area contributed by atoms with Gasteiger partial charge in [-0.05, 0) is 6.07 Å². The highest BCUT2D eigenvalue weighted by Gasteiger charge is 2.44. The number of amides is 1. The Balaban J connectivity index is 1.78. The van der Waals surface area contributed by atoms with Gasteiger partial charge in [-0.25, -0.2) is 9.78 Å². The topological polar surface area (TPSA) is 62.7 Å². The van der Waals surface area contributed by atoms with Crippen LogP contribution in [0.4, 0.5) is 4.79 Å². The van der Waals surface area contributed by atoms with E-state index in [-0.39, 0.29) is 5.60 Å². The van der Waals surface area contributed by atoms with Crippen molar-refractivity contribution < 1.29 is 14.6 Å². The predicted octanol–water partition coefficient (Wildman–Crippen LogP) is 2.18. The molecule has 0 unspecified atom stereocenters. The highest BCUT2D eigenvalue weighted by Crippen LogP contribution is 2.42. The Kier molecular flexibility index (Phi) is 2.59. The summed E-state index contributed by atoms with van der Waals surface area (Å²) in [5, 5.41) is 9.62. The van der Waals surface area contributed by atoms with Crippen molar-refractivity contribution in [1.29, 1.82) is 0 Å². The van der Waals surface area contributed by atoms with Crippen LogP contribution in [0.3, 0.4) is 0 Å². The van der Waals surface area contributed by atoms with Crippen molar-refractivity contribution in [2.75, 3.05) is 13.1 Å². The van der Waals surface area contributed by atoms with Crippen LogP contribution in [0.1, 0.15) is 18.4 Å². The number of carbonyl (C=O) groups is 1. The molecule has 1 N–H and O–H groups in total. The van der Waals surface area contributed by atoms with Crippen molar-refractivity contribution in [2.45, 2.75) is 24.9 Å². The quantitative estimate of drug-likeness (QED) is 0.783. The maximum Gasteiger partial charge on any atom is 0.407 e. The number of piperidine rings is 1. The predicted molar refractivity (Wildman–Crippen MR) is 65.1 cm³/mol. The van der Waals surface area contributed by atoms with Gasteiger partial charge in [0.15, 0.2) is 0 Å². The summed E-state index contributed by atoms with van der Waals surface area (Å²) in [6.45, 7) is 1.00. The van der Waals surface area contributed by atoms with E-state index in [1.165, 1.54) is 4.90 Å². The molecule has 2 aliphatic heterocycles. The number of rotatable bonds is 0. The fraction of sp³-hybridized carbons (Fsp3) is 0.500. The van der Waals surface area contributed by atoms with Crippen LogP contribution >= 0.6 is 11.6 Å². The second-order valence-electron chi connectivity index (χ2n) is 4.81. The van der Waals surface area contributed by atoms with Crippen LogP contribution in [0.25, 0.3) is 0 Å². The number of nitrogens with zero attached hydrogens (tertiary/aromatic N) is 2. The molecular formula is C12H13ClN2O3. The van der Waals surface area contributed by atoms with E-state index in [2.05, 4.69) is 4.98 Å². The maximum absolute atomic E-state index is 10.9. The van der Waals surface area contributed by atoms with Gasteiger partial charge in [-0.3, -0.25) is 0 Å². The molecule has 0 radical (unpaired) electrons. The van der Waals surface area contributed by atoms with Gasteiger partial charge >= 0.3 is 6.09 Å². The highest BCUT2D eigenvalue weighted by molar-refractivity contribution is 6.31. The van der Waals surface area contributed by atoms with E-state index < -0.39 is 6.09 Å². The first-order chi connectivity index (χ1) is 8.60. The van der Waals surface area contributed by atoms with Gasteiger partial charge in [0.25, 0.3) is 0 Å². The Labute approximate surface area is 109 Å². The van der Waals surface area contributed by atoms with Gasteiger partial charge < -0.3 is 14.7 Å². The monoisotopic (exact) mass is 268 g/mol. The second kappa shape index (κ2) is 4.02. The third kappa shape index (κ3) is 1.79. The summed E-state index contributed by atoms with van der Waals surface area (Å²) in [6.07, 6.45) is 2.86. The number of aromatic nitrogens is 1. The largest absolute Gasteiger partial charge is 0.470 e. The lowest BCUT2D eigenvalue weighted by Gasteiger charge is -2.37. The summed E-state index contributed by atoms with van der Waals surface area (Å²) in [4.78, 5) is 16.5. The van der Waals surface area contributed by atoms with E-state index in [1.807, 2.05) is 0 Å². The van der Waals surface area contributed by atoms with Crippen LogP contribution in [-0.4, -0.2) is 39.8 Å². The minimum atomic E-state index is -0.864. The molecule has 3 rings (SSSR count). The van der Waals surface area contributed by atoms with Gasteiger partial charge in [0.1, 0.15) is 5.60 Å². The molecule has 18 heavy (non-hydrogen) atoms. The highest BCUT2D eigenvalue weighted by atomic mass is 35.5. The van der Waals surface area contributed by atoms with E-state index >= 15 is 0 Å². The molecule has 96 valence electrons. The summed E-state index contributed by atoms with van der Waals surface area (Å²) >= 11 is 6.13. The van der Waals surface area contributed by atoms with Crippen molar-refractivity contribution in [2.24, 2.45) is 0 Å². The molecule has 0 bridgehead atoms. The van der Waals surface area contributed by atoms with E-state index in [0.29, 0.717) is 36.8 Å². The Morgan fingerprint density at radius 2 is 2.22 bits per heavy atom. The van der Waals surface area contributed by atoms with Gasteiger partial charge in [0.05, 0.1) is 5.02 Å². The zero-order valence-electron chi connectivity index (χ0n) is 9.73. The third-order valence-electron chi connectivity index (χ3n) is 3.72. The Morgan fingerprint density at radius 1 is 1.50 bits per heavy atom. The van der Waals surface area contributed by atoms with Crippen LogP contribution in [0, 0.1) is 0 Å². The molecule has 1 saturated heterocycles. The van der Waals surface area contributed by atoms with Crippen molar-refractivity contribution in [1.82, 2.24) is 9.88 Å². The van der Waals surface area contributed by atoms with Gasteiger partial charge in [0.2, 0.25) is 5.88 Å². The summed E-state index contributed by atoms with van der Waals surface area (Å²) in [5.74, 6) is 0.603. The number of hydrogen-bond donors (Lipinski definition) is 1. The molecule has 1 fully saturated rings. The number of carboxylic acid groups (broad SMARTS) is 1. The normalized spacial score (nSPS) is 20.6. The Hall–Kier alpha value is -1.49. The van der Waals surface area contributed by atoms with E-state index in [0.717, 1.165) is 12.0 Å². The molecule has 3 heterocycles. The lowest BCUT2D eigenvalue weighted by atomic mass is 9.87. The smallest absolute Gasteiger partial charge is 0.407 e. The lowest BCUT2D eigenvalue weighted by molar-refractivity contribution is 0.0199. The molecule has 0 aliphatic carbocycles. The summed E-state index contributed by atoms with van der Waals surface area (Å²) < 4.78 is 5.93. The van der Waals surface area contributed by atoms with Gasteiger partial charge in [-0.1, -0.05) is 11.6 Å². The maximum atomic E-state index is 10.9. The van der Waals surface area contributed by atoms with Crippen LogP contribution in [0.2, 0.25) is 5.02 Å². The summed E-state index contributed by atoms with van der Waals surface area (Å²) in [6, 6.07) is 1.76. The molecule has 1 amide bonds. The van der Waals surface area contributed by atoms with Gasteiger partial charge in [-0.2, -0.15) is 0 Å². The van der Waals surface area contributed by atoms with Crippen molar-refractivity contribution in [3.63, 3.8) is 0 Å². The average molecular weight is 269 g/mol. The first kappa shape index (κ1) is 11.6. The van der Waals surface area contributed by atoms with Crippen LogP contribution < -0.4 is 4.74 Å². The van der Waals surface area contributed by atoms with Crippen LogP contribution in [-0.2, 0) is 6.42 Å². The van der Waals surface area contributed by atoms with Gasteiger partial charge in [0, 0.05) is 44.1 Å². The number of ether oxygens (including phenoxy) is 1. The molecule has 0 aromatic carbocycles. The lowest BCUT2D eigenvalue weighted by Crippen LogP contribution is -2.48. The zero-order chi connectivity index (χ0) is 12.8. The number of pyridine rings is 1. The van der Waals surface area contributed by atoms with Crippen LogP contribution in [0.15, 0.2) is 12.3 Å². The number of halogens is 1. The average Bonchev–Trinajstić information content (AvgIpc) is 2.69. The van der Waals surface area contributed by atoms with Crippen molar-refractivity contribution in [3.8, 4) is 5.88 Å². The van der Waals surface area contributed by atoms with Crippen molar-refractivity contribution in [3.05, 3.63) is 22.8 Å². The molecule has 2 aliphatic rings. The van der Waals surface area contributed by atoms with Crippen LogP contribution in [0.5, 0.6) is 5.88 Å². The first-order valence-electron chi connectivity index (χ1n) is 5.90. The molecule has 6 heteroatoms. The van der Waals surface area contributed by atoms with E-state index in [9.17, 15) is 4.79 Å². The minimum absolute atomic E-state index is 0.313. The second-order valence-corrected chi connectivity index (χ2v) is 5.22. The molecule has 0 saturated carbocycles. The molecule has 5 nitrogen and oxygen atoms in total. The number of fused-ring (bicyclic) bond motifs is 1. The van der Waals surface area contributed by atoms with E-state index in [1.54, 1.807) is 12.3 Å². The third-order valence-corrected chi connectivity index (χ3v) is 4.07. The Bertz CT molecular complexity index is 498. The number of hydrogen-bond acceptors (Lipinski definition) is 3. The Morgan fingerprint density at radius 3 is 2.83 bits per heavy atom. The summed E-state index contributed by atoms with van der Waals surface area (Å²) in [5.41, 5.74) is 0.634. The van der Waals surface area contributed by atoms with Crippen molar-refractivity contribution >= 4 is 17.7 Å². The number of likely N-dealkylation sites (tertiary alicyclic amines) is 1. The summed E-state index contributed by atoms with van der Waals surface area (Å²) in [7, 11) is 0. The fourth-order valence-corrected chi connectivity index (χ4v) is 2.85. The SMILES string of the molecule is O=C(O)N1CCC2(CC1)Cc1c(Cl)ccnc1O2. The van der Waals surface area contributed by atoms with Gasteiger partial charge in [-0.15, -0.1) is 0 Å². The fourth-order valence-electron chi connectivity index (χ4n) is 2.65. The molecule has 0 atom stereocenters. The minimum Gasteiger partial charge on any atom is -0.470 e. The molecular weight excluding hydrogens is 256 g/mol. The first-order valence-corrected chi connectivity index (χ1v) is 6.28. The molecule has 1 spiro atoms. The zero-order valence-corrected chi connectivity index (χ0v) is 10.5.